The van der Waals surface area contributed by atoms with E-state index in [2.05, 4.69) is 4.74 Å². The number of rotatable bonds is 1. The van der Waals surface area contributed by atoms with Crippen LogP contribution in [0.25, 0.3) is 0 Å². The lowest BCUT2D eigenvalue weighted by molar-refractivity contribution is -0.307. The van der Waals surface area contributed by atoms with Crippen LogP contribution in [0.5, 0.6) is 5.75 Å². The zero-order valence-electron chi connectivity index (χ0n) is 11.7. The number of carbonyl (C=O) groups excluding carboxylic acids is 1. The summed E-state index contributed by atoms with van der Waals surface area (Å²) in [5.74, 6) is 0.621. The number of ether oxygens (including phenoxy) is 2. The van der Waals surface area contributed by atoms with Crippen molar-refractivity contribution in [3.8, 4) is 5.75 Å². The number of para-hydroxylation sites is 1. The summed E-state index contributed by atoms with van der Waals surface area (Å²) in [6, 6.07) is 7.59. The van der Waals surface area contributed by atoms with E-state index in [1.165, 1.54) is 6.08 Å². The Morgan fingerprint density at radius 2 is 1.95 bits per heavy atom. The highest BCUT2D eigenvalue weighted by Gasteiger charge is 2.40. The molecule has 3 nitrogen and oxygen atoms in total. The second-order valence-electron chi connectivity index (χ2n) is 4.99. The molecule has 1 heterocycles. The van der Waals surface area contributed by atoms with E-state index in [1.54, 1.807) is 6.08 Å². The molecule has 0 bridgehead atoms. The second-order valence-corrected chi connectivity index (χ2v) is 4.99. The molecule has 0 saturated carbocycles. The van der Waals surface area contributed by atoms with Gasteiger partial charge in [0.25, 0.3) is 0 Å². The number of allylic oxidation sites excluding steroid dienone is 2. The Morgan fingerprint density at radius 1 is 1.23 bits per heavy atom. The van der Waals surface area contributed by atoms with Gasteiger partial charge in [-0.1, -0.05) is 24.3 Å². The van der Waals surface area contributed by atoms with Crippen molar-refractivity contribution >= 4 is 6.79 Å². The number of halogens is 3. The molecule has 0 aromatic heterocycles. The molecule has 118 valence electrons. The van der Waals surface area contributed by atoms with Crippen LogP contribution in [0, 0.1) is 0 Å². The normalized spacial score (nSPS) is 22.8. The first-order chi connectivity index (χ1) is 10.5. The highest BCUT2D eigenvalue weighted by atomic mass is 19.4. The molecule has 0 fully saturated rings. The second kappa shape index (κ2) is 6.25. The fraction of sp³-hybridized carbons (Fsp3) is 0.312. The summed E-state index contributed by atoms with van der Waals surface area (Å²) < 4.78 is 46.9. The number of hydrogen-bond donors (Lipinski definition) is 0. The van der Waals surface area contributed by atoms with Gasteiger partial charge in [-0.05, 0) is 36.6 Å². The Hall–Kier alpha value is -2.24. The Balaban J connectivity index is 0.000000847. The highest BCUT2D eigenvalue weighted by molar-refractivity contribution is 5.38. The highest BCUT2D eigenvalue weighted by Crippen LogP contribution is 2.40. The molecule has 0 N–H and O–H groups in total. The van der Waals surface area contributed by atoms with Gasteiger partial charge >= 0.3 is 6.36 Å². The van der Waals surface area contributed by atoms with Gasteiger partial charge in [0.15, 0.2) is 0 Å². The Morgan fingerprint density at radius 3 is 2.68 bits per heavy atom. The molecule has 0 amide bonds. The van der Waals surface area contributed by atoms with Crippen LogP contribution in [0.15, 0.2) is 48.3 Å². The zero-order valence-corrected chi connectivity index (χ0v) is 11.7. The van der Waals surface area contributed by atoms with Gasteiger partial charge < -0.3 is 14.3 Å². The lowest BCUT2D eigenvalue weighted by atomic mass is 9.85. The largest absolute Gasteiger partial charge is 0.572 e. The average Bonchev–Trinajstić information content (AvgIpc) is 2.47. The van der Waals surface area contributed by atoms with Gasteiger partial charge in [-0.25, -0.2) is 0 Å². The SMILES string of the molecule is C=O.FC(F)(F)OC1=CC=CC2(CCc3ccccc3O2)C1. The standard InChI is InChI=1S/C15H13F3O2.CH2O/c16-15(17,18)19-12-5-3-8-14(10-12)9-7-11-4-1-2-6-13(11)20-14;1-2/h1-6,8H,7,9-10H2;1H2. The molecule has 1 atom stereocenters. The summed E-state index contributed by atoms with van der Waals surface area (Å²) in [4.78, 5) is 8.00. The van der Waals surface area contributed by atoms with Crippen LogP contribution in [0.3, 0.4) is 0 Å². The van der Waals surface area contributed by atoms with E-state index in [4.69, 9.17) is 9.53 Å². The monoisotopic (exact) mass is 312 g/mol. The van der Waals surface area contributed by atoms with Crippen molar-refractivity contribution in [3.63, 3.8) is 0 Å². The number of hydrogen-bond acceptors (Lipinski definition) is 3. The molecule has 2 aliphatic rings. The molecular weight excluding hydrogens is 297 g/mol. The minimum atomic E-state index is -4.66. The smallest absolute Gasteiger partial charge is 0.482 e. The molecule has 1 aliphatic heterocycles. The van der Waals surface area contributed by atoms with E-state index in [-0.39, 0.29) is 12.2 Å². The van der Waals surface area contributed by atoms with Gasteiger partial charge in [0.2, 0.25) is 0 Å². The van der Waals surface area contributed by atoms with Gasteiger partial charge in [0.05, 0.1) is 0 Å². The first-order valence-electron chi connectivity index (χ1n) is 6.66. The Bertz CT molecular complexity index is 593. The molecule has 1 spiro atoms. The maximum absolute atomic E-state index is 12.3. The number of carbonyl (C=O) groups is 1. The third-order valence-corrected chi connectivity index (χ3v) is 3.51. The van der Waals surface area contributed by atoms with Gasteiger partial charge in [-0.3, -0.25) is 0 Å². The van der Waals surface area contributed by atoms with E-state index >= 15 is 0 Å². The Kier molecular flexibility index (Phi) is 4.59. The fourth-order valence-electron chi connectivity index (χ4n) is 2.63. The van der Waals surface area contributed by atoms with Crippen molar-refractivity contribution < 1.29 is 27.4 Å². The van der Waals surface area contributed by atoms with E-state index in [9.17, 15) is 13.2 Å². The number of aryl methyl sites for hydroxylation is 1. The summed E-state index contributed by atoms with van der Waals surface area (Å²) in [5.41, 5.74) is 0.350. The summed E-state index contributed by atoms with van der Waals surface area (Å²) in [5, 5.41) is 0. The first kappa shape index (κ1) is 16.1. The van der Waals surface area contributed by atoms with Crippen molar-refractivity contribution in [1.29, 1.82) is 0 Å². The predicted octanol–water partition coefficient (Wildman–Crippen LogP) is 3.95. The van der Waals surface area contributed by atoms with Crippen molar-refractivity contribution in [1.82, 2.24) is 0 Å². The molecule has 1 aliphatic carbocycles. The molecule has 22 heavy (non-hydrogen) atoms. The van der Waals surface area contributed by atoms with Crippen molar-refractivity contribution in [2.45, 2.75) is 31.2 Å². The molecule has 6 heteroatoms. The van der Waals surface area contributed by atoms with Gasteiger partial charge in [-0.2, -0.15) is 0 Å². The maximum atomic E-state index is 12.3. The van der Waals surface area contributed by atoms with E-state index < -0.39 is 12.0 Å². The van der Waals surface area contributed by atoms with Crippen LogP contribution >= 0.6 is 0 Å². The van der Waals surface area contributed by atoms with Gasteiger partial charge in [0, 0.05) is 6.42 Å². The molecule has 1 aromatic rings. The minimum Gasteiger partial charge on any atom is -0.482 e. The molecule has 1 aromatic carbocycles. The number of alkyl halides is 3. The molecule has 0 saturated heterocycles. The first-order valence-corrected chi connectivity index (χ1v) is 6.66. The third-order valence-electron chi connectivity index (χ3n) is 3.51. The van der Waals surface area contributed by atoms with Crippen molar-refractivity contribution in [2.75, 3.05) is 0 Å². The van der Waals surface area contributed by atoms with Gasteiger partial charge in [0.1, 0.15) is 23.9 Å². The van der Waals surface area contributed by atoms with E-state index in [1.807, 2.05) is 37.1 Å². The maximum Gasteiger partial charge on any atom is 0.572 e. The summed E-state index contributed by atoms with van der Waals surface area (Å²) in [6.45, 7) is 2.00. The van der Waals surface area contributed by atoms with E-state index in [0.717, 1.165) is 17.7 Å². The fourth-order valence-corrected chi connectivity index (χ4v) is 2.63. The quantitative estimate of drug-likeness (QED) is 0.788. The lowest BCUT2D eigenvalue weighted by Crippen LogP contribution is -2.39. The van der Waals surface area contributed by atoms with Crippen LogP contribution in [-0.2, 0) is 16.0 Å². The van der Waals surface area contributed by atoms with Crippen LogP contribution in [0.2, 0.25) is 0 Å². The Labute approximate surface area is 126 Å². The van der Waals surface area contributed by atoms with Crippen LogP contribution in [0.4, 0.5) is 13.2 Å². The predicted molar refractivity (Wildman–Crippen MR) is 74.2 cm³/mol. The lowest BCUT2D eigenvalue weighted by Gasteiger charge is -2.38. The number of fused-ring (bicyclic) bond motifs is 1. The molecule has 3 rings (SSSR count). The summed E-state index contributed by atoms with van der Waals surface area (Å²) >= 11 is 0. The topological polar surface area (TPSA) is 35.5 Å². The molecule has 1 unspecified atom stereocenters. The number of benzene rings is 1. The van der Waals surface area contributed by atoms with Crippen LogP contribution in [-0.4, -0.2) is 18.8 Å². The van der Waals surface area contributed by atoms with Crippen molar-refractivity contribution in [2.24, 2.45) is 0 Å². The van der Waals surface area contributed by atoms with E-state index in [0.29, 0.717) is 6.42 Å². The van der Waals surface area contributed by atoms with Crippen LogP contribution < -0.4 is 4.74 Å². The minimum absolute atomic E-state index is 0.0946. The third kappa shape index (κ3) is 3.69. The summed E-state index contributed by atoms with van der Waals surface area (Å²) in [6.07, 6.45) is 1.56. The zero-order chi connectivity index (χ0) is 16.2. The summed E-state index contributed by atoms with van der Waals surface area (Å²) in [7, 11) is 0. The van der Waals surface area contributed by atoms with Crippen LogP contribution in [0.1, 0.15) is 18.4 Å². The average molecular weight is 312 g/mol. The molecular formula is C16H15F3O3. The van der Waals surface area contributed by atoms with Gasteiger partial charge in [-0.15, -0.1) is 13.2 Å². The van der Waals surface area contributed by atoms with Crippen molar-refractivity contribution in [3.05, 3.63) is 53.8 Å². The molecule has 0 radical (unpaired) electrons.